The summed E-state index contributed by atoms with van der Waals surface area (Å²) in [5.74, 6) is -1.84. The zero-order valence-corrected chi connectivity index (χ0v) is 6.61. The van der Waals surface area contributed by atoms with Crippen LogP contribution in [0.15, 0.2) is 0 Å². The number of alkyl halides is 3. The van der Waals surface area contributed by atoms with Gasteiger partial charge in [0.1, 0.15) is 5.41 Å². The van der Waals surface area contributed by atoms with Crippen LogP contribution in [0.1, 0.15) is 19.8 Å². The van der Waals surface area contributed by atoms with Crippen molar-refractivity contribution in [2.24, 2.45) is 17.1 Å². The number of rotatable bonds is 2. The second kappa shape index (κ2) is 2.37. The second-order valence-electron chi connectivity index (χ2n) is 3.14. The van der Waals surface area contributed by atoms with Gasteiger partial charge in [0, 0.05) is 0 Å². The molecule has 0 bridgehead atoms. The van der Waals surface area contributed by atoms with Crippen LogP contribution in [0.4, 0.5) is 13.2 Å². The first-order valence-electron chi connectivity index (χ1n) is 3.73. The van der Waals surface area contributed by atoms with Gasteiger partial charge in [-0.2, -0.15) is 13.2 Å². The van der Waals surface area contributed by atoms with Gasteiger partial charge in [0.25, 0.3) is 0 Å². The minimum absolute atomic E-state index is 0.137. The average Bonchev–Trinajstić information content (AvgIpc) is 2.59. The molecule has 1 aliphatic carbocycles. The molecule has 0 aromatic rings. The maximum absolute atomic E-state index is 12.3. The van der Waals surface area contributed by atoms with E-state index >= 15 is 0 Å². The van der Waals surface area contributed by atoms with Gasteiger partial charge < -0.3 is 5.73 Å². The molecule has 0 aromatic heterocycles. The van der Waals surface area contributed by atoms with Crippen LogP contribution in [0.25, 0.3) is 0 Å². The summed E-state index contributed by atoms with van der Waals surface area (Å²) in [6.07, 6.45) is -4.26. The van der Waals surface area contributed by atoms with Gasteiger partial charge in [-0.25, -0.2) is 0 Å². The van der Waals surface area contributed by atoms with Gasteiger partial charge in [-0.1, -0.05) is 13.3 Å². The lowest BCUT2D eigenvalue weighted by molar-refractivity contribution is -0.194. The van der Waals surface area contributed by atoms with Crippen molar-refractivity contribution in [2.45, 2.75) is 25.9 Å². The van der Waals surface area contributed by atoms with E-state index in [4.69, 9.17) is 5.73 Å². The Kier molecular flexibility index (Phi) is 1.85. The number of hydrogen-bond donors (Lipinski definition) is 1. The average molecular weight is 181 g/mol. The first-order valence-corrected chi connectivity index (χ1v) is 3.73. The topological polar surface area (TPSA) is 43.1 Å². The van der Waals surface area contributed by atoms with Gasteiger partial charge in [-0.15, -0.1) is 0 Å². The molecule has 1 rings (SSSR count). The van der Waals surface area contributed by atoms with Crippen LogP contribution < -0.4 is 5.73 Å². The molecule has 70 valence electrons. The SMILES string of the molecule is CCC1CC1(C(N)=O)C(F)(F)F. The second-order valence-corrected chi connectivity index (χ2v) is 3.14. The number of halogens is 3. The fraction of sp³-hybridized carbons (Fsp3) is 0.857. The highest BCUT2D eigenvalue weighted by Gasteiger charge is 2.73. The molecule has 1 aliphatic rings. The number of primary amides is 1. The largest absolute Gasteiger partial charge is 0.403 e. The molecule has 0 aliphatic heterocycles. The molecule has 0 radical (unpaired) electrons. The lowest BCUT2D eigenvalue weighted by Crippen LogP contribution is -2.39. The Bertz CT molecular complexity index is 213. The fourth-order valence-corrected chi connectivity index (χ4v) is 1.61. The van der Waals surface area contributed by atoms with E-state index in [0.717, 1.165) is 0 Å². The monoisotopic (exact) mass is 181 g/mol. The summed E-state index contributed by atoms with van der Waals surface area (Å²) < 4.78 is 36.8. The van der Waals surface area contributed by atoms with Gasteiger partial charge in [0.2, 0.25) is 5.91 Å². The van der Waals surface area contributed by atoms with Crippen LogP contribution >= 0.6 is 0 Å². The van der Waals surface area contributed by atoms with Crippen LogP contribution in [0, 0.1) is 11.3 Å². The Morgan fingerprint density at radius 2 is 2.17 bits per heavy atom. The molecule has 5 heteroatoms. The van der Waals surface area contributed by atoms with Crippen LogP contribution in [-0.4, -0.2) is 12.1 Å². The lowest BCUT2D eigenvalue weighted by Gasteiger charge is -2.16. The van der Waals surface area contributed by atoms with Crippen molar-refractivity contribution in [3.63, 3.8) is 0 Å². The van der Waals surface area contributed by atoms with E-state index in [9.17, 15) is 18.0 Å². The van der Waals surface area contributed by atoms with Crippen molar-refractivity contribution in [1.29, 1.82) is 0 Å². The lowest BCUT2D eigenvalue weighted by atomic mass is 10.0. The zero-order chi connectivity index (χ0) is 9.57. The number of carbonyl (C=O) groups excluding carboxylic acids is 1. The van der Waals surface area contributed by atoms with E-state index in [1.165, 1.54) is 0 Å². The maximum atomic E-state index is 12.3. The molecule has 2 unspecified atom stereocenters. The number of carbonyl (C=O) groups is 1. The molecular weight excluding hydrogens is 171 g/mol. The molecule has 1 saturated carbocycles. The quantitative estimate of drug-likeness (QED) is 0.688. The van der Waals surface area contributed by atoms with E-state index in [-0.39, 0.29) is 6.42 Å². The smallest absolute Gasteiger partial charge is 0.369 e. The fourth-order valence-electron chi connectivity index (χ4n) is 1.61. The zero-order valence-electron chi connectivity index (χ0n) is 6.61. The van der Waals surface area contributed by atoms with Crippen molar-refractivity contribution in [1.82, 2.24) is 0 Å². The Hall–Kier alpha value is -0.740. The molecule has 1 fully saturated rings. The summed E-state index contributed by atoms with van der Waals surface area (Å²) in [5.41, 5.74) is 2.52. The summed E-state index contributed by atoms with van der Waals surface area (Å²) >= 11 is 0. The predicted octanol–water partition coefficient (Wildman–Crippen LogP) is 1.45. The normalized spacial score (nSPS) is 34.8. The maximum Gasteiger partial charge on any atom is 0.403 e. The van der Waals surface area contributed by atoms with Crippen molar-refractivity contribution in [2.75, 3.05) is 0 Å². The van der Waals surface area contributed by atoms with Crippen LogP contribution in [-0.2, 0) is 4.79 Å². The standard InChI is InChI=1S/C7H10F3NO/c1-2-4-3-6(4,5(11)12)7(8,9)10/h4H,2-3H2,1H3,(H2,11,12). The summed E-state index contributed by atoms with van der Waals surface area (Å²) in [7, 11) is 0. The number of amides is 1. The predicted molar refractivity (Wildman–Crippen MR) is 36.1 cm³/mol. The highest BCUT2D eigenvalue weighted by atomic mass is 19.4. The third kappa shape index (κ3) is 0.990. The Labute approximate surface area is 67.9 Å². The van der Waals surface area contributed by atoms with Crippen molar-refractivity contribution < 1.29 is 18.0 Å². The third-order valence-corrected chi connectivity index (χ3v) is 2.54. The van der Waals surface area contributed by atoms with Gasteiger partial charge in [-0.05, 0) is 12.3 Å². The van der Waals surface area contributed by atoms with Gasteiger partial charge in [0.15, 0.2) is 0 Å². The van der Waals surface area contributed by atoms with Crippen LogP contribution in [0.3, 0.4) is 0 Å². The summed E-state index contributed by atoms with van der Waals surface area (Å²) in [4.78, 5) is 10.6. The first kappa shape index (κ1) is 9.35. The molecule has 2 nitrogen and oxygen atoms in total. The Morgan fingerprint density at radius 1 is 1.67 bits per heavy atom. The Balaban J connectivity index is 2.87. The van der Waals surface area contributed by atoms with Crippen molar-refractivity contribution in [3.05, 3.63) is 0 Å². The number of hydrogen-bond acceptors (Lipinski definition) is 1. The number of nitrogens with two attached hydrogens (primary N) is 1. The molecule has 12 heavy (non-hydrogen) atoms. The van der Waals surface area contributed by atoms with E-state index in [0.29, 0.717) is 6.42 Å². The third-order valence-electron chi connectivity index (χ3n) is 2.54. The summed E-state index contributed by atoms with van der Waals surface area (Å²) in [5, 5.41) is 0. The molecule has 0 saturated heterocycles. The van der Waals surface area contributed by atoms with Crippen molar-refractivity contribution >= 4 is 5.91 Å². The molecule has 0 spiro atoms. The summed E-state index contributed by atoms with van der Waals surface area (Å²) in [6.45, 7) is 1.63. The molecule has 0 heterocycles. The van der Waals surface area contributed by atoms with Gasteiger partial charge >= 0.3 is 6.18 Å². The van der Waals surface area contributed by atoms with Gasteiger partial charge in [0.05, 0.1) is 0 Å². The highest BCUT2D eigenvalue weighted by molar-refractivity contribution is 5.85. The highest BCUT2D eigenvalue weighted by Crippen LogP contribution is 2.63. The van der Waals surface area contributed by atoms with Crippen LogP contribution in [0.2, 0.25) is 0 Å². The van der Waals surface area contributed by atoms with E-state index < -0.39 is 23.4 Å². The minimum atomic E-state index is -4.47. The first-order chi connectivity index (χ1) is 5.36. The van der Waals surface area contributed by atoms with Crippen molar-refractivity contribution in [3.8, 4) is 0 Å². The molecule has 0 aromatic carbocycles. The molecule has 2 N–H and O–H groups in total. The van der Waals surface area contributed by atoms with E-state index in [1.807, 2.05) is 0 Å². The van der Waals surface area contributed by atoms with Gasteiger partial charge in [-0.3, -0.25) is 4.79 Å². The minimum Gasteiger partial charge on any atom is -0.369 e. The molecule has 2 atom stereocenters. The molecular formula is C7H10F3NO. The summed E-state index contributed by atoms with van der Waals surface area (Å²) in [6, 6.07) is 0. The van der Waals surface area contributed by atoms with E-state index in [2.05, 4.69) is 0 Å². The van der Waals surface area contributed by atoms with Crippen LogP contribution in [0.5, 0.6) is 0 Å². The Morgan fingerprint density at radius 3 is 2.25 bits per heavy atom. The molecule has 1 amide bonds. The van der Waals surface area contributed by atoms with E-state index in [1.54, 1.807) is 6.92 Å².